The van der Waals surface area contributed by atoms with Crippen LogP contribution in [0, 0.1) is 13.8 Å². The van der Waals surface area contributed by atoms with Gasteiger partial charge in [-0.15, -0.1) is 11.3 Å². The summed E-state index contributed by atoms with van der Waals surface area (Å²) in [5.41, 5.74) is 0.627. The quantitative estimate of drug-likeness (QED) is 0.748. The number of carbonyl (C=O) groups excluding carboxylic acids is 2. The van der Waals surface area contributed by atoms with E-state index in [-0.39, 0.29) is 36.7 Å². The number of hydrogen-bond acceptors (Lipinski definition) is 6. The van der Waals surface area contributed by atoms with Crippen LogP contribution >= 0.6 is 11.3 Å². The molecule has 0 spiro atoms. The van der Waals surface area contributed by atoms with Crippen LogP contribution in [0.1, 0.15) is 43.6 Å². The van der Waals surface area contributed by atoms with E-state index in [9.17, 15) is 14.4 Å². The van der Waals surface area contributed by atoms with Crippen LogP contribution in [0.3, 0.4) is 0 Å². The van der Waals surface area contributed by atoms with Crippen LogP contribution in [-0.2, 0) is 20.9 Å². The van der Waals surface area contributed by atoms with Crippen molar-refractivity contribution in [1.29, 1.82) is 0 Å². The van der Waals surface area contributed by atoms with Crippen LogP contribution in [-0.4, -0.2) is 45.0 Å². The molecule has 0 N–H and O–H groups in total. The Balaban J connectivity index is 1.65. The zero-order chi connectivity index (χ0) is 19.7. The summed E-state index contributed by atoms with van der Waals surface area (Å²) in [6, 6.07) is 0.304. The maximum atomic E-state index is 12.6. The highest BCUT2D eigenvalue weighted by atomic mass is 32.1. The zero-order valence-corrected chi connectivity index (χ0v) is 17.0. The first-order valence-electron chi connectivity index (χ1n) is 9.21. The molecule has 0 saturated carbocycles. The molecular weight excluding hydrogens is 366 g/mol. The van der Waals surface area contributed by atoms with E-state index in [4.69, 9.17) is 4.74 Å². The fraction of sp³-hybridized carbons (Fsp3) is 0.579. The number of esters is 1. The summed E-state index contributed by atoms with van der Waals surface area (Å²) in [7, 11) is 0. The number of aryl methyl sites for hydroxylation is 2. The predicted molar refractivity (Wildman–Crippen MR) is 104 cm³/mol. The van der Waals surface area contributed by atoms with Crippen molar-refractivity contribution in [2.75, 3.05) is 6.61 Å². The van der Waals surface area contributed by atoms with Gasteiger partial charge in [0.05, 0.1) is 11.7 Å². The lowest BCUT2D eigenvalue weighted by Crippen LogP contribution is -2.49. The Kier molecular flexibility index (Phi) is 5.64. The van der Waals surface area contributed by atoms with Gasteiger partial charge in [0, 0.05) is 17.0 Å². The second kappa shape index (κ2) is 7.80. The van der Waals surface area contributed by atoms with Crippen LogP contribution in [0.15, 0.2) is 11.1 Å². The van der Waals surface area contributed by atoms with Crippen molar-refractivity contribution in [3.63, 3.8) is 0 Å². The fourth-order valence-corrected chi connectivity index (χ4v) is 4.68. The third-order valence-electron chi connectivity index (χ3n) is 5.29. The first-order valence-corrected chi connectivity index (χ1v) is 10.0. The molecule has 0 aliphatic carbocycles. The highest BCUT2D eigenvalue weighted by Gasteiger charge is 2.29. The number of hydrogen-bond donors (Lipinski definition) is 0. The fourth-order valence-electron chi connectivity index (χ4n) is 3.70. The second-order valence-electron chi connectivity index (χ2n) is 7.23. The largest absolute Gasteiger partial charge is 0.454 e. The summed E-state index contributed by atoms with van der Waals surface area (Å²) >= 11 is 1.46. The van der Waals surface area contributed by atoms with Crippen molar-refractivity contribution < 1.29 is 14.3 Å². The molecular formula is C19H25N3O4S. The van der Waals surface area contributed by atoms with E-state index in [1.165, 1.54) is 22.2 Å². The number of amides is 1. The van der Waals surface area contributed by atoms with Gasteiger partial charge in [0.2, 0.25) is 0 Å². The van der Waals surface area contributed by atoms with E-state index < -0.39 is 5.97 Å². The number of aromatic nitrogens is 2. The number of thiophene rings is 1. The van der Waals surface area contributed by atoms with Gasteiger partial charge in [0.25, 0.3) is 11.5 Å². The molecule has 1 aliphatic rings. The molecule has 1 aliphatic heterocycles. The van der Waals surface area contributed by atoms with E-state index in [1.807, 2.05) is 27.7 Å². The SMILES string of the molecule is Cc1sc2ncn(CC(=O)OCC(=O)N3[C@H](C)CCC[C@H]3C)c(=O)c2c1C. The molecule has 1 fully saturated rings. The van der Waals surface area contributed by atoms with E-state index in [2.05, 4.69) is 4.98 Å². The average Bonchev–Trinajstić information content (AvgIpc) is 2.90. The molecule has 0 aromatic carbocycles. The molecule has 2 aromatic heterocycles. The molecule has 2 atom stereocenters. The summed E-state index contributed by atoms with van der Waals surface area (Å²) in [5, 5.41) is 0.542. The lowest BCUT2D eigenvalue weighted by Gasteiger charge is -2.38. The van der Waals surface area contributed by atoms with Gasteiger partial charge in [-0.05, 0) is 52.5 Å². The van der Waals surface area contributed by atoms with Crippen LogP contribution in [0.2, 0.25) is 0 Å². The van der Waals surface area contributed by atoms with Gasteiger partial charge >= 0.3 is 5.97 Å². The standard InChI is InChI=1S/C19H25N3O4S/c1-11-6-5-7-12(2)22(11)15(23)9-26-16(24)8-21-10-20-18-17(19(21)25)13(3)14(4)27-18/h10-12H,5-9H2,1-4H3/t11-,12-/m1/s1. The summed E-state index contributed by atoms with van der Waals surface area (Å²) in [6.07, 6.45) is 4.39. The molecule has 7 nitrogen and oxygen atoms in total. The summed E-state index contributed by atoms with van der Waals surface area (Å²) in [4.78, 5) is 45.0. The Hall–Kier alpha value is -2.22. The number of fused-ring (bicyclic) bond motifs is 1. The Morgan fingerprint density at radius 2 is 1.93 bits per heavy atom. The third kappa shape index (κ3) is 3.90. The van der Waals surface area contributed by atoms with E-state index in [1.54, 1.807) is 4.90 Å². The minimum atomic E-state index is -0.617. The van der Waals surface area contributed by atoms with Gasteiger partial charge in [-0.25, -0.2) is 4.98 Å². The summed E-state index contributed by atoms with van der Waals surface area (Å²) in [6.45, 7) is 7.29. The van der Waals surface area contributed by atoms with Gasteiger partial charge in [-0.2, -0.15) is 0 Å². The highest BCUT2D eigenvalue weighted by Crippen LogP contribution is 2.25. The Morgan fingerprint density at radius 3 is 2.59 bits per heavy atom. The van der Waals surface area contributed by atoms with Crippen LogP contribution in [0.5, 0.6) is 0 Å². The molecule has 146 valence electrons. The Bertz CT molecular complexity index is 923. The van der Waals surface area contributed by atoms with Gasteiger partial charge in [-0.1, -0.05) is 0 Å². The normalized spacial score (nSPS) is 20.1. The van der Waals surface area contributed by atoms with Crippen molar-refractivity contribution in [1.82, 2.24) is 14.5 Å². The first kappa shape index (κ1) is 19.5. The maximum absolute atomic E-state index is 12.6. The van der Waals surface area contributed by atoms with E-state index in [0.29, 0.717) is 10.2 Å². The Morgan fingerprint density at radius 1 is 1.26 bits per heavy atom. The van der Waals surface area contributed by atoms with Gasteiger partial charge in [-0.3, -0.25) is 19.0 Å². The Labute approximate surface area is 161 Å². The lowest BCUT2D eigenvalue weighted by atomic mass is 9.97. The number of ether oxygens (including phenoxy) is 1. The monoisotopic (exact) mass is 391 g/mol. The van der Waals surface area contributed by atoms with Gasteiger partial charge < -0.3 is 9.64 Å². The molecule has 2 aromatic rings. The molecule has 3 heterocycles. The molecule has 8 heteroatoms. The van der Waals surface area contributed by atoms with Crippen LogP contribution in [0.25, 0.3) is 10.2 Å². The third-order valence-corrected chi connectivity index (χ3v) is 6.41. The molecule has 0 bridgehead atoms. The van der Waals surface area contributed by atoms with Crippen LogP contribution in [0.4, 0.5) is 0 Å². The van der Waals surface area contributed by atoms with Gasteiger partial charge in [0.15, 0.2) is 6.61 Å². The van der Waals surface area contributed by atoms with Crippen molar-refractivity contribution in [3.8, 4) is 0 Å². The van der Waals surface area contributed by atoms with Gasteiger partial charge in [0.1, 0.15) is 11.4 Å². The number of carbonyl (C=O) groups is 2. The highest BCUT2D eigenvalue weighted by molar-refractivity contribution is 7.18. The molecule has 0 unspecified atom stereocenters. The second-order valence-corrected chi connectivity index (χ2v) is 8.43. The molecule has 3 rings (SSSR count). The van der Waals surface area contributed by atoms with Crippen molar-refractivity contribution >= 4 is 33.4 Å². The minimum absolute atomic E-state index is 0.152. The molecule has 1 saturated heterocycles. The number of rotatable bonds is 4. The maximum Gasteiger partial charge on any atom is 0.326 e. The lowest BCUT2D eigenvalue weighted by molar-refractivity contribution is -0.155. The van der Waals surface area contributed by atoms with E-state index in [0.717, 1.165) is 29.7 Å². The van der Waals surface area contributed by atoms with Crippen LogP contribution < -0.4 is 5.56 Å². The van der Waals surface area contributed by atoms with Crippen molar-refractivity contribution in [2.24, 2.45) is 0 Å². The van der Waals surface area contributed by atoms with Crippen molar-refractivity contribution in [3.05, 3.63) is 27.1 Å². The van der Waals surface area contributed by atoms with Crippen molar-refractivity contribution in [2.45, 2.75) is 65.6 Å². The summed E-state index contributed by atoms with van der Waals surface area (Å²) < 4.78 is 6.38. The minimum Gasteiger partial charge on any atom is -0.454 e. The molecule has 1 amide bonds. The summed E-state index contributed by atoms with van der Waals surface area (Å²) in [5.74, 6) is -0.804. The van der Waals surface area contributed by atoms with E-state index >= 15 is 0 Å². The zero-order valence-electron chi connectivity index (χ0n) is 16.2. The molecule has 27 heavy (non-hydrogen) atoms. The number of nitrogens with zero attached hydrogens (tertiary/aromatic N) is 3. The topological polar surface area (TPSA) is 81.5 Å². The number of likely N-dealkylation sites (tertiary alicyclic amines) is 1. The molecule has 0 radical (unpaired) electrons. The first-order chi connectivity index (χ1) is 12.8. The average molecular weight is 391 g/mol. The smallest absolute Gasteiger partial charge is 0.326 e. The predicted octanol–water partition coefficient (Wildman–Crippen LogP) is 2.41. The number of piperidine rings is 1.